The molecule has 1 aromatic heterocycles. The van der Waals surface area contributed by atoms with Gasteiger partial charge in [-0.1, -0.05) is 30.3 Å². The van der Waals surface area contributed by atoms with E-state index in [0.29, 0.717) is 29.9 Å². The Morgan fingerprint density at radius 3 is 2.62 bits per heavy atom. The minimum Gasteiger partial charge on any atom is -0.383 e. The summed E-state index contributed by atoms with van der Waals surface area (Å²) in [6, 6.07) is 13.4. The fourth-order valence-corrected chi connectivity index (χ4v) is 2.18. The number of pyridine rings is 1. The normalized spacial score (nSPS) is 10.4. The molecule has 0 fully saturated rings. The Bertz CT molecular complexity index is 573. The van der Waals surface area contributed by atoms with Gasteiger partial charge in [0.05, 0.1) is 12.2 Å². The number of methoxy groups -OCH3 is 1. The molecule has 5 heteroatoms. The molecule has 0 unspecified atom stereocenters. The van der Waals surface area contributed by atoms with E-state index in [1.807, 2.05) is 30.3 Å². The largest absolute Gasteiger partial charge is 0.383 e. The molecule has 1 amide bonds. The molecule has 0 saturated carbocycles. The summed E-state index contributed by atoms with van der Waals surface area (Å²) in [5, 5.41) is 0. The molecule has 2 aromatic rings. The number of aromatic nitrogens is 1. The molecule has 110 valence electrons. The summed E-state index contributed by atoms with van der Waals surface area (Å²) in [4.78, 5) is 18.5. The predicted molar refractivity (Wildman–Crippen MR) is 85.0 cm³/mol. The van der Waals surface area contributed by atoms with Crippen LogP contribution in [0, 0.1) is 0 Å². The van der Waals surface area contributed by atoms with E-state index in [1.165, 1.54) is 0 Å². The molecule has 0 aliphatic heterocycles. The van der Waals surface area contributed by atoms with Crippen molar-refractivity contribution >= 4 is 21.8 Å². The van der Waals surface area contributed by atoms with Gasteiger partial charge in [-0.2, -0.15) is 0 Å². The van der Waals surface area contributed by atoms with Crippen molar-refractivity contribution in [2.45, 2.75) is 6.54 Å². The number of carbonyl (C=O) groups is 1. The molecule has 0 aliphatic rings. The Hall–Kier alpha value is -1.72. The first kappa shape index (κ1) is 15.7. The lowest BCUT2D eigenvalue weighted by Crippen LogP contribution is -2.33. The number of carbonyl (C=O) groups excluding carboxylic acids is 1. The van der Waals surface area contributed by atoms with Gasteiger partial charge < -0.3 is 9.64 Å². The van der Waals surface area contributed by atoms with Gasteiger partial charge in [-0.3, -0.25) is 4.79 Å². The second-order valence-corrected chi connectivity index (χ2v) is 5.39. The van der Waals surface area contributed by atoms with Gasteiger partial charge in [-0.05, 0) is 33.6 Å². The van der Waals surface area contributed by atoms with E-state index in [4.69, 9.17) is 4.74 Å². The van der Waals surface area contributed by atoms with Gasteiger partial charge in [-0.25, -0.2) is 4.98 Å². The van der Waals surface area contributed by atoms with E-state index < -0.39 is 0 Å². The third-order valence-corrected chi connectivity index (χ3v) is 3.51. The average molecular weight is 349 g/mol. The van der Waals surface area contributed by atoms with E-state index >= 15 is 0 Å². The van der Waals surface area contributed by atoms with Crippen molar-refractivity contribution in [2.24, 2.45) is 0 Å². The van der Waals surface area contributed by atoms with Crippen LogP contribution in [0.5, 0.6) is 0 Å². The van der Waals surface area contributed by atoms with Crippen LogP contribution in [0.1, 0.15) is 15.9 Å². The van der Waals surface area contributed by atoms with Crippen LogP contribution in [0.3, 0.4) is 0 Å². The van der Waals surface area contributed by atoms with Gasteiger partial charge in [0.1, 0.15) is 4.60 Å². The molecule has 0 N–H and O–H groups in total. The summed E-state index contributed by atoms with van der Waals surface area (Å²) in [5.74, 6) is -0.0455. The van der Waals surface area contributed by atoms with Gasteiger partial charge in [0.25, 0.3) is 5.91 Å². The van der Waals surface area contributed by atoms with E-state index in [1.54, 1.807) is 30.3 Å². The summed E-state index contributed by atoms with van der Waals surface area (Å²) in [6.07, 6.45) is 1.58. The van der Waals surface area contributed by atoms with Gasteiger partial charge >= 0.3 is 0 Å². The topological polar surface area (TPSA) is 42.4 Å². The minimum absolute atomic E-state index is 0.0455. The number of ether oxygens (including phenoxy) is 1. The smallest absolute Gasteiger partial charge is 0.255 e. The Kier molecular flexibility index (Phi) is 5.90. The zero-order valence-electron chi connectivity index (χ0n) is 11.8. The van der Waals surface area contributed by atoms with Gasteiger partial charge in [-0.15, -0.1) is 0 Å². The second kappa shape index (κ2) is 7.90. The van der Waals surface area contributed by atoms with Crippen molar-refractivity contribution in [3.05, 3.63) is 64.4 Å². The maximum absolute atomic E-state index is 12.6. The summed E-state index contributed by atoms with van der Waals surface area (Å²) >= 11 is 3.27. The summed E-state index contributed by atoms with van der Waals surface area (Å²) in [7, 11) is 1.63. The monoisotopic (exact) mass is 348 g/mol. The van der Waals surface area contributed by atoms with Crippen LogP contribution in [0.15, 0.2) is 53.3 Å². The first-order chi connectivity index (χ1) is 10.2. The number of halogens is 1. The highest BCUT2D eigenvalue weighted by Crippen LogP contribution is 2.12. The highest BCUT2D eigenvalue weighted by molar-refractivity contribution is 9.10. The maximum atomic E-state index is 12.6. The van der Waals surface area contributed by atoms with E-state index in [-0.39, 0.29) is 5.91 Å². The van der Waals surface area contributed by atoms with Crippen molar-refractivity contribution in [1.29, 1.82) is 0 Å². The maximum Gasteiger partial charge on any atom is 0.255 e. The van der Waals surface area contributed by atoms with Gasteiger partial charge in [0.2, 0.25) is 0 Å². The quantitative estimate of drug-likeness (QED) is 0.753. The van der Waals surface area contributed by atoms with Crippen LogP contribution in [0.25, 0.3) is 0 Å². The van der Waals surface area contributed by atoms with E-state index in [9.17, 15) is 4.79 Å². The zero-order chi connectivity index (χ0) is 15.1. The van der Waals surface area contributed by atoms with Crippen LogP contribution in [0.2, 0.25) is 0 Å². The molecule has 1 heterocycles. The molecule has 0 saturated heterocycles. The fourth-order valence-electron chi connectivity index (χ4n) is 1.94. The number of hydrogen-bond acceptors (Lipinski definition) is 3. The number of amides is 1. The lowest BCUT2D eigenvalue weighted by Gasteiger charge is -2.22. The van der Waals surface area contributed by atoms with Crippen molar-refractivity contribution in [3.63, 3.8) is 0 Å². The Morgan fingerprint density at radius 1 is 1.24 bits per heavy atom. The summed E-state index contributed by atoms with van der Waals surface area (Å²) in [5.41, 5.74) is 1.66. The second-order valence-electron chi connectivity index (χ2n) is 4.57. The van der Waals surface area contributed by atoms with Crippen molar-refractivity contribution in [3.8, 4) is 0 Å². The summed E-state index contributed by atoms with van der Waals surface area (Å²) in [6.45, 7) is 1.60. The number of hydrogen-bond donors (Lipinski definition) is 0. The first-order valence-electron chi connectivity index (χ1n) is 6.64. The molecule has 2 rings (SSSR count). The third-order valence-electron chi connectivity index (χ3n) is 3.04. The molecule has 0 bridgehead atoms. The lowest BCUT2D eigenvalue weighted by atomic mass is 10.2. The molecule has 0 spiro atoms. The van der Waals surface area contributed by atoms with Crippen molar-refractivity contribution in [2.75, 3.05) is 20.3 Å². The molecule has 0 radical (unpaired) electrons. The third kappa shape index (κ3) is 4.65. The van der Waals surface area contributed by atoms with E-state index in [2.05, 4.69) is 20.9 Å². The Balaban J connectivity index is 2.14. The van der Waals surface area contributed by atoms with Crippen LogP contribution >= 0.6 is 15.9 Å². The molecular formula is C16H17BrN2O2. The SMILES string of the molecule is COCCN(Cc1ccccc1)C(=O)c1ccc(Br)nc1. The van der Waals surface area contributed by atoms with Gasteiger partial charge in [0, 0.05) is 26.4 Å². The van der Waals surface area contributed by atoms with E-state index in [0.717, 1.165) is 5.56 Å². The summed E-state index contributed by atoms with van der Waals surface area (Å²) < 4.78 is 5.81. The number of nitrogens with zero attached hydrogens (tertiary/aromatic N) is 2. The highest BCUT2D eigenvalue weighted by Gasteiger charge is 2.16. The first-order valence-corrected chi connectivity index (χ1v) is 7.43. The van der Waals surface area contributed by atoms with Crippen LogP contribution in [-0.4, -0.2) is 36.1 Å². The number of benzene rings is 1. The Morgan fingerprint density at radius 2 is 2.00 bits per heavy atom. The van der Waals surface area contributed by atoms with Crippen LogP contribution < -0.4 is 0 Å². The molecule has 0 atom stereocenters. The molecule has 0 aliphatic carbocycles. The van der Waals surface area contributed by atoms with Crippen molar-refractivity contribution in [1.82, 2.24) is 9.88 Å². The predicted octanol–water partition coefficient (Wildman–Crippen LogP) is 3.13. The molecular weight excluding hydrogens is 332 g/mol. The zero-order valence-corrected chi connectivity index (χ0v) is 13.4. The lowest BCUT2D eigenvalue weighted by molar-refractivity contribution is 0.0680. The van der Waals surface area contributed by atoms with Crippen molar-refractivity contribution < 1.29 is 9.53 Å². The standard InChI is InChI=1S/C16H17BrN2O2/c1-21-10-9-19(12-13-5-3-2-4-6-13)16(20)14-7-8-15(17)18-11-14/h2-8,11H,9-10,12H2,1H3. The fraction of sp³-hybridized carbons (Fsp3) is 0.250. The number of rotatable bonds is 6. The highest BCUT2D eigenvalue weighted by atomic mass is 79.9. The molecule has 4 nitrogen and oxygen atoms in total. The molecule has 1 aromatic carbocycles. The van der Waals surface area contributed by atoms with Gasteiger partial charge in [0.15, 0.2) is 0 Å². The van der Waals surface area contributed by atoms with Crippen LogP contribution in [-0.2, 0) is 11.3 Å². The Labute approximate surface area is 132 Å². The average Bonchev–Trinajstić information content (AvgIpc) is 2.52. The van der Waals surface area contributed by atoms with Crippen LogP contribution in [0.4, 0.5) is 0 Å². The minimum atomic E-state index is -0.0455. The molecule has 21 heavy (non-hydrogen) atoms.